The third-order valence-electron chi connectivity index (χ3n) is 5.98. The van der Waals surface area contributed by atoms with Crippen LogP contribution in [0.25, 0.3) is 0 Å². The van der Waals surface area contributed by atoms with Crippen LogP contribution in [0.5, 0.6) is 0 Å². The SMILES string of the molecule is Cc1ccc(Nc2c(NSC3(CC(O)CO)CC3)c3n(c(=O)c2C)CCC3)c(F)c1. The van der Waals surface area contributed by atoms with E-state index in [9.17, 15) is 19.4 Å². The summed E-state index contributed by atoms with van der Waals surface area (Å²) in [4.78, 5) is 12.9. The first-order chi connectivity index (χ1) is 14.3. The molecule has 1 atom stereocenters. The largest absolute Gasteiger partial charge is 0.394 e. The van der Waals surface area contributed by atoms with Crippen LogP contribution in [0.4, 0.5) is 21.5 Å². The van der Waals surface area contributed by atoms with Crippen LogP contribution in [0.2, 0.25) is 0 Å². The van der Waals surface area contributed by atoms with E-state index in [2.05, 4.69) is 10.0 Å². The van der Waals surface area contributed by atoms with E-state index in [4.69, 9.17) is 0 Å². The first-order valence-corrected chi connectivity index (χ1v) is 11.2. The van der Waals surface area contributed by atoms with Crippen LogP contribution in [0, 0.1) is 19.7 Å². The Morgan fingerprint density at radius 1 is 1.30 bits per heavy atom. The number of nitrogens with zero attached hydrogens (tertiary/aromatic N) is 1. The monoisotopic (exact) mass is 433 g/mol. The van der Waals surface area contributed by atoms with Crippen LogP contribution in [-0.4, -0.2) is 32.2 Å². The quantitative estimate of drug-likeness (QED) is 0.476. The third kappa shape index (κ3) is 4.08. The molecule has 6 nitrogen and oxygen atoms in total. The molecule has 162 valence electrons. The van der Waals surface area contributed by atoms with E-state index in [1.165, 1.54) is 18.0 Å². The molecule has 2 aliphatic rings. The van der Waals surface area contributed by atoms with Crippen molar-refractivity contribution in [3.8, 4) is 0 Å². The number of aliphatic hydroxyl groups excluding tert-OH is 2. The summed E-state index contributed by atoms with van der Waals surface area (Å²) in [6.07, 6.45) is 3.33. The number of aryl methyl sites for hydroxylation is 1. The van der Waals surface area contributed by atoms with Crippen molar-refractivity contribution in [2.75, 3.05) is 16.6 Å². The number of hydrogen-bond acceptors (Lipinski definition) is 6. The first-order valence-electron chi connectivity index (χ1n) is 10.4. The van der Waals surface area contributed by atoms with Gasteiger partial charge in [-0.25, -0.2) is 4.39 Å². The van der Waals surface area contributed by atoms with Gasteiger partial charge in [0.15, 0.2) is 0 Å². The molecule has 30 heavy (non-hydrogen) atoms. The second kappa shape index (κ2) is 8.24. The summed E-state index contributed by atoms with van der Waals surface area (Å²) in [6, 6.07) is 4.99. The van der Waals surface area contributed by atoms with Crippen molar-refractivity contribution < 1.29 is 14.6 Å². The molecule has 0 spiro atoms. The Hall–Kier alpha value is -2.03. The number of halogens is 1. The Morgan fingerprint density at radius 2 is 2.07 bits per heavy atom. The molecule has 0 radical (unpaired) electrons. The molecule has 1 fully saturated rings. The average molecular weight is 434 g/mol. The van der Waals surface area contributed by atoms with E-state index in [1.54, 1.807) is 17.6 Å². The van der Waals surface area contributed by atoms with E-state index in [0.29, 0.717) is 29.9 Å². The number of rotatable bonds is 8. The Labute approximate surface area is 179 Å². The molecule has 1 aromatic carbocycles. The minimum absolute atomic E-state index is 0.0510. The van der Waals surface area contributed by atoms with E-state index in [1.807, 2.05) is 13.0 Å². The van der Waals surface area contributed by atoms with E-state index in [0.717, 1.165) is 42.6 Å². The standard InChI is InChI=1S/C22H28FN3O3S/c1-13-5-6-17(16(23)10-13)24-19-14(2)21(29)26-9-3-4-18(26)20(19)25-30-22(7-8-22)11-15(28)12-27/h5-6,10,15,24-25,27-28H,3-4,7-9,11-12H2,1-2H3. The van der Waals surface area contributed by atoms with Gasteiger partial charge in [0.2, 0.25) is 0 Å². The van der Waals surface area contributed by atoms with Gasteiger partial charge in [0, 0.05) is 22.5 Å². The lowest BCUT2D eigenvalue weighted by atomic mass is 10.1. The maximum Gasteiger partial charge on any atom is 0.255 e. The van der Waals surface area contributed by atoms with Crippen molar-refractivity contribution in [2.45, 2.75) is 63.3 Å². The van der Waals surface area contributed by atoms with Gasteiger partial charge in [-0.05, 0) is 75.6 Å². The number of benzene rings is 1. The highest BCUT2D eigenvalue weighted by atomic mass is 32.2. The Morgan fingerprint density at radius 3 is 2.73 bits per heavy atom. The second-order valence-corrected chi connectivity index (χ2v) is 9.69. The number of fused-ring (bicyclic) bond motifs is 1. The van der Waals surface area contributed by atoms with Crippen molar-refractivity contribution in [3.63, 3.8) is 0 Å². The van der Waals surface area contributed by atoms with Gasteiger partial charge in [-0.2, -0.15) is 0 Å². The van der Waals surface area contributed by atoms with Gasteiger partial charge in [-0.15, -0.1) is 0 Å². The lowest BCUT2D eigenvalue weighted by Gasteiger charge is -2.23. The molecule has 4 N–H and O–H groups in total. The van der Waals surface area contributed by atoms with E-state index < -0.39 is 6.10 Å². The maximum atomic E-state index is 14.5. The lowest BCUT2D eigenvalue weighted by Crippen LogP contribution is -2.25. The number of nitrogens with one attached hydrogen (secondary N) is 2. The zero-order chi connectivity index (χ0) is 21.5. The zero-order valence-corrected chi connectivity index (χ0v) is 18.1. The van der Waals surface area contributed by atoms with Gasteiger partial charge in [-0.3, -0.25) is 4.79 Å². The molecule has 0 bridgehead atoms. The van der Waals surface area contributed by atoms with Crippen LogP contribution in [0.1, 0.15) is 42.5 Å². The van der Waals surface area contributed by atoms with Crippen LogP contribution in [0.3, 0.4) is 0 Å². The number of aromatic nitrogens is 1. The topological polar surface area (TPSA) is 86.5 Å². The fourth-order valence-electron chi connectivity index (χ4n) is 4.06. The molecule has 8 heteroatoms. The van der Waals surface area contributed by atoms with E-state index in [-0.39, 0.29) is 22.7 Å². The molecular formula is C22H28FN3O3S. The molecule has 1 unspecified atom stereocenters. The van der Waals surface area contributed by atoms with Crippen LogP contribution < -0.4 is 15.6 Å². The minimum Gasteiger partial charge on any atom is -0.394 e. The first kappa shape index (κ1) is 21.2. The Bertz CT molecular complexity index is 1020. The summed E-state index contributed by atoms with van der Waals surface area (Å²) in [5.74, 6) is -0.363. The van der Waals surface area contributed by atoms with Gasteiger partial charge < -0.3 is 24.8 Å². The van der Waals surface area contributed by atoms with Gasteiger partial charge in [-0.1, -0.05) is 6.07 Å². The van der Waals surface area contributed by atoms with Crippen LogP contribution in [-0.2, 0) is 13.0 Å². The highest BCUT2D eigenvalue weighted by Gasteiger charge is 2.45. The second-order valence-electron chi connectivity index (χ2n) is 8.42. The lowest BCUT2D eigenvalue weighted by molar-refractivity contribution is 0.0865. The molecular weight excluding hydrogens is 405 g/mol. The Kier molecular flexibility index (Phi) is 5.83. The molecule has 1 aliphatic carbocycles. The number of anilines is 3. The smallest absolute Gasteiger partial charge is 0.255 e. The predicted octanol–water partition coefficient (Wildman–Crippen LogP) is 3.63. The van der Waals surface area contributed by atoms with Crippen LogP contribution in [0.15, 0.2) is 23.0 Å². The molecule has 4 rings (SSSR count). The number of hydrogen-bond donors (Lipinski definition) is 4. The summed E-state index contributed by atoms with van der Waals surface area (Å²) in [5.41, 5.74) is 3.98. The summed E-state index contributed by atoms with van der Waals surface area (Å²) in [6.45, 7) is 4.03. The molecule has 2 heterocycles. The molecule has 2 aromatic rings. The van der Waals surface area contributed by atoms with Crippen molar-refractivity contribution in [3.05, 3.63) is 51.2 Å². The third-order valence-corrected chi connectivity index (χ3v) is 7.29. The molecule has 1 aromatic heterocycles. The predicted molar refractivity (Wildman–Crippen MR) is 119 cm³/mol. The molecule has 1 saturated carbocycles. The molecule has 1 aliphatic heterocycles. The highest BCUT2D eigenvalue weighted by Crippen LogP contribution is 2.52. The number of pyridine rings is 1. The van der Waals surface area contributed by atoms with Crippen molar-refractivity contribution in [1.29, 1.82) is 0 Å². The summed E-state index contributed by atoms with van der Waals surface area (Å²) in [5, 5.41) is 22.2. The number of aliphatic hydroxyl groups is 2. The summed E-state index contributed by atoms with van der Waals surface area (Å²) >= 11 is 1.53. The fraction of sp³-hybridized carbons (Fsp3) is 0.500. The van der Waals surface area contributed by atoms with E-state index >= 15 is 0 Å². The van der Waals surface area contributed by atoms with Gasteiger partial charge in [0.25, 0.3) is 5.56 Å². The van der Waals surface area contributed by atoms with Crippen molar-refractivity contribution in [1.82, 2.24) is 4.57 Å². The summed E-state index contributed by atoms with van der Waals surface area (Å²) in [7, 11) is 0. The zero-order valence-electron chi connectivity index (χ0n) is 17.3. The van der Waals surface area contributed by atoms with Gasteiger partial charge in [0.05, 0.1) is 29.8 Å². The normalized spacial score (nSPS) is 17.5. The van der Waals surface area contributed by atoms with Crippen LogP contribution >= 0.6 is 11.9 Å². The minimum atomic E-state index is -0.744. The molecule has 0 amide bonds. The van der Waals surface area contributed by atoms with Gasteiger partial charge >= 0.3 is 0 Å². The fourth-order valence-corrected chi connectivity index (χ4v) is 5.18. The average Bonchev–Trinajstić information content (AvgIpc) is 3.29. The maximum absolute atomic E-state index is 14.5. The van der Waals surface area contributed by atoms with Crippen molar-refractivity contribution in [2.24, 2.45) is 0 Å². The highest BCUT2D eigenvalue weighted by molar-refractivity contribution is 8.02. The van der Waals surface area contributed by atoms with Gasteiger partial charge in [0.1, 0.15) is 5.82 Å². The van der Waals surface area contributed by atoms with Crippen molar-refractivity contribution >= 4 is 29.0 Å². The molecule has 0 saturated heterocycles. The summed E-state index contributed by atoms with van der Waals surface area (Å²) < 4.78 is 19.6. The Balaban J connectivity index is 1.69.